The largest absolute Gasteiger partial charge is 0.338 e. The van der Waals surface area contributed by atoms with Crippen LogP contribution in [0.3, 0.4) is 0 Å². The Morgan fingerprint density at radius 2 is 1.92 bits per heavy atom. The third kappa shape index (κ3) is 5.12. The summed E-state index contributed by atoms with van der Waals surface area (Å²) in [6.07, 6.45) is 0.841. The second-order valence-corrected chi connectivity index (χ2v) is 10.5. The van der Waals surface area contributed by atoms with Crippen molar-refractivity contribution in [2.45, 2.75) is 25.4 Å². The number of nitro groups is 1. The van der Waals surface area contributed by atoms with E-state index in [1.807, 2.05) is 18.4 Å². The highest BCUT2D eigenvalue weighted by Crippen LogP contribution is 2.38. The van der Waals surface area contributed by atoms with Gasteiger partial charge in [0.05, 0.1) is 17.5 Å². The molecule has 0 aliphatic carbocycles. The van der Waals surface area contributed by atoms with Crippen LogP contribution in [0.25, 0.3) is 0 Å². The Morgan fingerprint density at radius 1 is 1.11 bits per heavy atom. The molecule has 2 aliphatic rings. The van der Waals surface area contributed by atoms with Gasteiger partial charge in [0.15, 0.2) is 0 Å². The number of fused-ring (bicyclic) bond motifs is 1. The van der Waals surface area contributed by atoms with Crippen LogP contribution in [-0.2, 0) is 11.2 Å². The summed E-state index contributed by atoms with van der Waals surface area (Å²) in [7, 11) is 0. The maximum Gasteiger partial charge on any atom is 0.270 e. The second kappa shape index (κ2) is 10.4. The number of thiophene rings is 1. The highest BCUT2D eigenvalue weighted by atomic mass is 32.1. The molecule has 192 valence electrons. The number of piperazine rings is 1. The minimum absolute atomic E-state index is 0.0330. The van der Waals surface area contributed by atoms with Gasteiger partial charge < -0.3 is 9.80 Å². The Balaban J connectivity index is 1.28. The molecule has 1 saturated heterocycles. The molecule has 3 heterocycles. The molecule has 0 bridgehead atoms. The minimum Gasteiger partial charge on any atom is -0.338 e. The Morgan fingerprint density at radius 3 is 2.68 bits per heavy atom. The Bertz CT molecular complexity index is 1350. The molecule has 2 atom stereocenters. The summed E-state index contributed by atoms with van der Waals surface area (Å²) in [5.74, 6) is -0.616. The van der Waals surface area contributed by atoms with Gasteiger partial charge in [-0.25, -0.2) is 4.39 Å². The van der Waals surface area contributed by atoms with E-state index in [1.54, 1.807) is 33.3 Å². The van der Waals surface area contributed by atoms with E-state index in [0.717, 1.165) is 17.5 Å². The number of non-ortho nitro benzene ring substituents is 1. The molecule has 2 amide bonds. The van der Waals surface area contributed by atoms with Crippen molar-refractivity contribution in [3.63, 3.8) is 0 Å². The molecule has 37 heavy (non-hydrogen) atoms. The minimum atomic E-state index is -0.520. The average molecular weight is 523 g/mol. The highest BCUT2D eigenvalue weighted by molar-refractivity contribution is 7.10. The van der Waals surface area contributed by atoms with Crippen LogP contribution in [-0.4, -0.2) is 70.2 Å². The third-order valence-corrected chi connectivity index (χ3v) is 8.11. The second-order valence-electron chi connectivity index (χ2n) is 9.47. The van der Waals surface area contributed by atoms with Gasteiger partial charge >= 0.3 is 0 Å². The van der Waals surface area contributed by atoms with Crippen LogP contribution in [0.4, 0.5) is 10.1 Å². The van der Waals surface area contributed by atoms with Crippen LogP contribution in [0.15, 0.2) is 60.0 Å². The van der Waals surface area contributed by atoms with E-state index in [1.165, 1.54) is 35.2 Å². The van der Waals surface area contributed by atoms with Crippen molar-refractivity contribution in [2.24, 2.45) is 0 Å². The average Bonchev–Trinajstić information content (AvgIpc) is 3.37. The molecule has 1 aromatic heterocycles. The SMILES string of the molecule is CC1CN(C(=O)CN2CCc3sccc3C2c2cccc(F)c2)CCN1C(=O)c1cccc([N+](=O)[O-])c1. The number of hydrogen-bond donors (Lipinski definition) is 0. The number of halogens is 1. The monoisotopic (exact) mass is 522 g/mol. The maximum absolute atomic E-state index is 14.1. The number of carbonyl (C=O) groups is 2. The lowest BCUT2D eigenvalue weighted by molar-refractivity contribution is -0.384. The fourth-order valence-electron chi connectivity index (χ4n) is 5.28. The quantitative estimate of drug-likeness (QED) is 0.372. The summed E-state index contributed by atoms with van der Waals surface area (Å²) in [5, 5.41) is 13.1. The van der Waals surface area contributed by atoms with Gasteiger partial charge in [-0.1, -0.05) is 18.2 Å². The summed E-state index contributed by atoms with van der Waals surface area (Å²) in [5.41, 5.74) is 2.08. The zero-order valence-electron chi connectivity index (χ0n) is 20.4. The number of carbonyl (C=O) groups excluding carboxylic acids is 2. The maximum atomic E-state index is 14.1. The van der Waals surface area contributed by atoms with Crippen molar-refractivity contribution in [3.05, 3.63) is 97.5 Å². The van der Waals surface area contributed by atoms with E-state index >= 15 is 0 Å². The third-order valence-electron chi connectivity index (χ3n) is 7.11. The lowest BCUT2D eigenvalue weighted by atomic mass is 9.93. The molecule has 3 aromatic rings. The number of hydrogen-bond acceptors (Lipinski definition) is 6. The predicted octanol–water partition coefficient (Wildman–Crippen LogP) is 4.12. The van der Waals surface area contributed by atoms with Crippen molar-refractivity contribution in [1.29, 1.82) is 0 Å². The standard InChI is InChI=1S/C27H27FN4O4S/c1-18-16-29(11-12-31(18)27(34)20-5-3-7-22(15-20)32(35)36)25(33)17-30-10-8-24-23(9-13-37-24)26(30)19-4-2-6-21(28)14-19/h2-7,9,13-15,18,26H,8,10-12,16-17H2,1H3. The van der Waals surface area contributed by atoms with Gasteiger partial charge in [0, 0.05) is 54.8 Å². The van der Waals surface area contributed by atoms with E-state index in [-0.39, 0.29) is 47.5 Å². The molecular formula is C27H27FN4O4S. The van der Waals surface area contributed by atoms with E-state index in [4.69, 9.17) is 0 Å². The van der Waals surface area contributed by atoms with Crippen molar-refractivity contribution >= 4 is 28.8 Å². The number of amides is 2. The number of nitro benzene ring substituents is 1. The number of nitrogens with zero attached hydrogens (tertiary/aromatic N) is 4. The first kappa shape index (κ1) is 25.0. The van der Waals surface area contributed by atoms with Crippen molar-refractivity contribution in [3.8, 4) is 0 Å². The molecule has 0 saturated carbocycles. The van der Waals surface area contributed by atoms with E-state index in [9.17, 15) is 24.1 Å². The Labute approximate surface area is 218 Å². The van der Waals surface area contributed by atoms with Gasteiger partial charge in [-0.3, -0.25) is 24.6 Å². The van der Waals surface area contributed by atoms with Gasteiger partial charge in [0.25, 0.3) is 11.6 Å². The van der Waals surface area contributed by atoms with Gasteiger partial charge in [-0.15, -0.1) is 11.3 Å². The molecule has 0 radical (unpaired) electrons. The summed E-state index contributed by atoms with van der Waals surface area (Å²) in [6.45, 7) is 3.87. The number of benzene rings is 2. The first-order chi connectivity index (χ1) is 17.8. The zero-order valence-corrected chi connectivity index (χ0v) is 21.2. The number of rotatable bonds is 5. The Hall–Kier alpha value is -3.63. The van der Waals surface area contributed by atoms with E-state index < -0.39 is 4.92 Å². The lowest BCUT2D eigenvalue weighted by Gasteiger charge is -2.42. The van der Waals surface area contributed by atoms with Crippen LogP contribution in [0.1, 0.15) is 39.3 Å². The predicted molar refractivity (Wildman–Crippen MR) is 138 cm³/mol. The normalized spacial score (nSPS) is 19.9. The van der Waals surface area contributed by atoms with Gasteiger partial charge in [0.1, 0.15) is 5.82 Å². The van der Waals surface area contributed by atoms with Crippen LogP contribution in [0.5, 0.6) is 0 Å². The van der Waals surface area contributed by atoms with Crippen LogP contribution < -0.4 is 0 Å². The summed E-state index contributed by atoms with van der Waals surface area (Å²) in [4.78, 5) is 43.8. The van der Waals surface area contributed by atoms with Crippen LogP contribution in [0, 0.1) is 15.9 Å². The fourth-order valence-corrected chi connectivity index (χ4v) is 6.19. The fraction of sp³-hybridized carbons (Fsp3) is 0.333. The van der Waals surface area contributed by atoms with Crippen LogP contribution in [0.2, 0.25) is 0 Å². The van der Waals surface area contributed by atoms with E-state index in [0.29, 0.717) is 26.2 Å². The van der Waals surface area contributed by atoms with Crippen molar-refractivity contribution in [1.82, 2.24) is 14.7 Å². The smallest absolute Gasteiger partial charge is 0.270 e. The first-order valence-electron chi connectivity index (χ1n) is 12.2. The summed E-state index contributed by atoms with van der Waals surface area (Å²) >= 11 is 1.69. The van der Waals surface area contributed by atoms with Gasteiger partial charge in [0.2, 0.25) is 5.91 Å². The topological polar surface area (TPSA) is 87.0 Å². The molecule has 0 N–H and O–H groups in total. The molecule has 2 aromatic carbocycles. The molecule has 8 nitrogen and oxygen atoms in total. The summed E-state index contributed by atoms with van der Waals surface area (Å²) < 4.78 is 14.1. The molecule has 10 heteroatoms. The Kier molecular flexibility index (Phi) is 7.03. The molecule has 1 fully saturated rings. The van der Waals surface area contributed by atoms with E-state index in [2.05, 4.69) is 11.0 Å². The van der Waals surface area contributed by atoms with Crippen LogP contribution >= 0.6 is 11.3 Å². The lowest BCUT2D eigenvalue weighted by Crippen LogP contribution is -2.57. The summed E-state index contributed by atoms with van der Waals surface area (Å²) in [6, 6.07) is 13.9. The zero-order chi connectivity index (χ0) is 26.1. The van der Waals surface area contributed by atoms with Crippen molar-refractivity contribution < 1.29 is 18.9 Å². The first-order valence-corrected chi connectivity index (χ1v) is 13.1. The van der Waals surface area contributed by atoms with Gasteiger partial charge in [-0.2, -0.15) is 0 Å². The molecule has 5 rings (SSSR count). The molecule has 2 aliphatic heterocycles. The molecule has 0 spiro atoms. The van der Waals surface area contributed by atoms with Gasteiger partial charge in [-0.05, 0) is 54.1 Å². The molecule has 2 unspecified atom stereocenters. The molecular weight excluding hydrogens is 495 g/mol. The van der Waals surface area contributed by atoms with Crippen molar-refractivity contribution in [2.75, 3.05) is 32.7 Å². The highest BCUT2D eigenvalue weighted by Gasteiger charge is 2.35.